The molecule has 1 atom stereocenters. The van der Waals surface area contributed by atoms with Crippen LogP contribution >= 0.6 is 0 Å². The number of esters is 1. The van der Waals surface area contributed by atoms with Gasteiger partial charge in [-0.15, -0.1) is 0 Å². The lowest BCUT2D eigenvalue weighted by atomic mass is 10.1. The van der Waals surface area contributed by atoms with Crippen molar-refractivity contribution in [3.8, 4) is 11.5 Å². The van der Waals surface area contributed by atoms with Crippen LogP contribution in [-0.4, -0.2) is 49.2 Å². The molecule has 1 N–H and O–H groups in total. The summed E-state index contributed by atoms with van der Waals surface area (Å²) in [5.74, 6) is 0.566. The van der Waals surface area contributed by atoms with Gasteiger partial charge in [0.15, 0.2) is 18.1 Å². The molecule has 0 saturated carbocycles. The van der Waals surface area contributed by atoms with Crippen LogP contribution in [0.2, 0.25) is 0 Å². The minimum absolute atomic E-state index is 0.214. The maximum absolute atomic E-state index is 12.3. The summed E-state index contributed by atoms with van der Waals surface area (Å²) in [5, 5.41) is 2.70. The molecule has 2 aromatic carbocycles. The van der Waals surface area contributed by atoms with Crippen molar-refractivity contribution in [2.24, 2.45) is 0 Å². The van der Waals surface area contributed by atoms with Crippen LogP contribution in [-0.2, 0) is 26.8 Å². The molecule has 1 amide bonds. The normalized spacial score (nSPS) is 11.4. The zero-order chi connectivity index (χ0) is 21.2. The maximum atomic E-state index is 12.3. The number of carbonyl (C=O) groups excluding carboxylic acids is 2. The Morgan fingerprint density at radius 1 is 1.03 bits per heavy atom. The van der Waals surface area contributed by atoms with Crippen molar-refractivity contribution in [2.45, 2.75) is 18.2 Å². The Balaban J connectivity index is 1.83. The third-order valence-corrected chi connectivity index (χ3v) is 5.50. The molecule has 0 unspecified atom stereocenters. The van der Waals surface area contributed by atoms with Crippen molar-refractivity contribution in [1.82, 2.24) is 5.32 Å². The van der Waals surface area contributed by atoms with E-state index in [9.17, 15) is 13.8 Å². The fraction of sp³-hybridized carbons (Fsp3) is 0.333. The Morgan fingerprint density at radius 3 is 2.45 bits per heavy atom. The van der Waals surface area contributed by atoms with Gasteiger partial charge in [0.25, 0.3) is 5.91 Å². The first-order valence-corrected chi connectivity index (χ1v) is 10.4. The van der Waals surface area contributed by atoms with Crippen molar-refractivity contribution in [3.63, 3.8) is 0 Å². The third-order valence-electron chi connectivity index (χ3n) is 4.13. The number of hydrogen-bond donors (Lipinski definition) is 1. The van der Waals surface area contributed by atoms with Gasteiger partial charge in [0.1, 0.15) is 0 Å². The van der Waals surface area contributed by atoms with Crippen molar-refractivity contribution in [1.29, 1.82) is 0 Å². The molecular formula is C21H25NO6S. The van der Waals surface area contributed by atoms with Crippen molar-refractivity contribution in [3.05, 3.63) is 53.6 Å². The molecule has 0 aliphatic heterocycles. The van der Waals surface area contributed by atoms with E-state index in [2.05, 4.69) is 5.32 Å². The molecule has 156 valence electrons. The van der Waals surface area contributed by atoms with Crippen LogP contribution in [0, 0.1) is 0 Å². The van der Waals surface area contributed by atoms with Crippen LogP contribution in [0.25, 0.3) is 0 Å². The largest absolute Gasteiger partial charge is 0.493 e. The molecule has 0 bridgehead atoms. The Hall–Kier alpha value is -2.87. The molecule has 0 heterocycles. The summed E-state index contributed by atoms with van der Waals surface area (Å²) >= 11 is 0. The molecule has 7 nitrogen and oxygen atoms in total. The molecule has 29 heavy (non-hydrogen) atoms. The van der Waals surface area contributed by atoms with E-state index in [-0.39, 0.29) is 5.56 Å². The van der Waals surface area contributed by atoms with Crippen LogP contribution in [0.3, 0.4) is 0 Å². The molecule has 0 fully saturated rings. The van der Waals surface area contributed by atoms with Crippen molar-refractivity contribution in [2.75, 3.05) is 33.1 Å². The first kappa shape index (κ1) is 22.4. The van der Waals surface area contributed by atoms with E-state index < -0.39 is 29.3 Å². The standard InChI is InChI=1S/C21H25NO6S/c1-4-29(25)19-8-6-5-7-16(19)21(24)28-14-20(23)22-12-11-15-9-10-17(26-2)18(13-15)27-3/h5-10,13H,4,11-12,14H2,1-3H3,(H,22,23)/t29-/m0/s1. The van der Waals surface area contributed by atoms with Crippen molar-refractivity contribution >= 4 is 22.7 Å². The zero-order valence-corrected chi connectivity index (χ0v) is 17.5. The molecule has 2 rings (SSSR count). The van der Waals surface area contributed by atoms with Gasteiger partial charge in [0.05, 0.1) is 35.5 Å². The number of methoxy groups -OCH3 is 2. The van der Waals surface area contributed by atoms with Crippen LogP contribution in [0.4, 0.5) is 0 Å². The predicted octanol–water partition coefficient (Wildman–Crippen LogP) is 2.35. The molecule has 0 aliphatic rings. The number of nitrogens with one attached hydrogen (secondary N) is 1. The minimum atomic E-state index is -1.29. The van der Waals surface area contributed by atoms with Gasteiger partial charge >= 0.3 is 5.97 Å². The maximum Gasteiger partial charge on any atom is 0.339 e. The summed E-state index contributed by atoms with van der Waals surface area (Å²) in [4.78, 5) is 24.6. The second-order valence-corrected chi connectivity index (χ2v) is 7.70. The fourth-order valence-corrected chi connectivity index (χ4v) is 3.57. The molecule has 0 radical (unpaired) electrons. The summed E-state index contributed by atoms with van der Waals surface area (Å²) in [6.45, 7) is 1.74. The summed E-state index contributed by atoms with van der Waals surface area (Å²) < 4.78 is 27.6. The molecule has 2 aromatic rings. The third kappa shape index (κ3) is 6.32. The summed E-state index contributed by atoms with van der Waals surface area (Å²) in [6, 6.07) is 12.1. The van der Waals surface area contributed by atoms with Crippen molar-refractivity contribution < 1.29 is 28.0 Å². The molecule has 0 aliphatic carbocycles. The first-order chi connectivity index (χ1) is 14.0. The first-order valence-electron chi connectivity index (χ1n) is 9.12. The topological polar surface area (TPSA) is 90.9 Å². The average Bonchev–Trinajstić information content (AvgIpc) is 2.76. The number of carbonyl (C=O) groups is 2. The van der Waals surface area contributed by atoms with E-state index in [1.807, 2.05) is 12.1 Å². The highest BCUT2D eigenvalue weighted by molar-refractivity contribution is 7.85. The second kappa shape index (κ2) is 11.2. The Morgan fingerprint density at radius 2 is 1.76 bits per heavy atom. The highest BCUT2D eigenvalue weighted by Gasteiger charge is 2.17. The van der Waals surface area contributed by atoms with E-state index in [1.54, 1.807) is 51.5 Å². The van der Waals surface area contributed by atoms with E-state index in [0.717, 1.165) is 5.56 Å². The summed E-state index contributed by atoms with van der Waals surface area (Å²) in [7, 11) is 1.84. The Bertz CT molecular complexity index is 883. The number of benzene rings is 2. The van der Waals surface area contributed by atoms with Gasteiger partial charge in [0.2, 0.25) is 0 Å². The summed E-state index contributed by atoms with van der Waals surface area (Å²) in [5.41, 5.74) is 1.18. The van der Waals surface area contributed by atoms with Gasteiger partial charge in [-0.1, -0.05) is 25.1 Å². The summed E-state index contributed by atoms with van der Waals surface area (Å²) in [6.07, 6.45) is 0.582. The molecule has 0 spiro atoms. The molecular weight excluding hydrogens is 394 g/mol. The van der Waals surface area contributed by atoms with E-state index in [1.165, 1.54) is 0 Å². The lowest BCUT2D eigenvalue weighted by Gasteiger charge is -2.11. The number of hydrogen-bond acceptors (Lipinski definition) is 6. The van der Waals surface area contributed by atoms with Crippen LogP contribution in [0.15, 0.2) is 47.4 Å². The predicted molar refractivity (Wildman–Crippen MR) is 110 cm³/mol. The van der Waals surface area contributed by atoms with Crippen LogP contribution in [0.5, 0.6) is 11.5 Å². The average molecular weight is 419 g/mol. The monoisotopic (exact) mass is 419 g/mol. The van der Waals surface area contributed by atoms with Gasteiger partial charge in [-0.05, 0) is 36.2 Å². The quantitative estimate of drug-likeness (QED) is 0.595. The zero-order valence-electron chi connectivity index (χ0n) is 16.7. The number of rotatable bonds is 10. The fourth-order valence-electron chi connectivity index (χ4n) is 2.63. The second-order valence-electron chi connectivity index (χ2n) is 6.00. The smallest absolute Gasteiger partial charge is 0.339 e. The van der Waals surface area contributed by atoms with E-state index >= 15 is 0 Å². The Labute approximate surface area is 172 Å². The van der Waals surface area contributed by atoms with Gasteiger partial charge in [-0.25, -0.2) is 4.79 Å². The van der Waals surface area contributed by atoms with Crippen LogP contribution < -0.4 is 14.8 Å². The highest BCUT2D eigenvalue weighted by Crippen LogP contribution is 2.27. The molecule has 0 saturated heterocycles. The number of amides is 1. The van der Waals surface area contributed by atoms with Gasteiger partial charge in [-0.3, -0.25) is 9.00 Å². The van der Waals surface area contributed by atoms with E-state index in [0.29, 0.717) is 35.1 Å². The minimum Gasteiger partial charge on any atom is -0.493 e. The molecule has 0 aromatic heterocycles. The van der Waals surface area contributed by atoms with Gasteiger partial charge in [-0.2, -0.15) is 0 Å². The highest BCUT2D eigenvalue weighted by atomic mass is 32.2. The lowest BCUT2D eigenvalue weighted by Crippen LogP contribution is -2.30. The SMILES string of the molecule is CC[S@](=O)c1ccccc1C(=O)OCC(=O)NCCc1ccc(OC)c(OC)c1. The molecule has 8 heteroatoms. The van der Waals surface area contributed by atoms with Gasteiger partial charge < -0.3 is 19.5 Å². The lowest BCUT2D eigenvalue weighted by molar-refractivity contribution is -0.124. The van der Waals surface area contributed by atoms with E-state index in [4.69, 9.17) is 14.2 Å². The Kier molecular flexibility index (Phi) is 8.67. The number of ether oxygens (including phenoxy) is 3. The van der Waals surface area contributed by atoms with Crippen LogP contribution in [0.1, 0.15) is 22.8 Å². The van der Waals surface area contributed by atoms with Gasteiger partial charge in [0, 0.05) is 12.3 Å².